The number of anilines is 1. The Kier molecular flexibility index (Phi) is 5.77. The van der Waals surface area contributed by atoms with Crippen molar-refractivity contribution in [3.8, 4) is 0 Å². The van der Waals surface area contributed by atoms with Gasteiger partial charge in [0.2, 0.25) is 5.91 Å². The third-order valence-electron chi connectivity index (χ3n) is 3.62. The molecular weight excluding hydrogens is 284 g/mol. The molecule has 0 aliphatic carbocycles. The second-order valence-corrected chi connectivity index (χ2v) is 5.25. The van der Waals surface area contributed by atoms with Crippen LogP contribution in [0.4, 0.5) is 5.69 Å². The van der Waals surface area contributed by atoms with E-state index in [-0.39, 0.29) is 5.91 Å². The average Bonchev–Trinajstić information content (AvgIpc) is 2.54. The van der Waals surface area contributed by atoms with Crippen molar-refractivity contribution in [2.75, 3.05) is 38.3 Å². The third-order valence-corrected chi connectivity index (χ3v) is 3.62. The molecule has 6 nitrogen and oxygen atoms in total. The van der Waals surface area contributed by atoms with E-state index in [2.05, 4.69) is 10.2 Å². The van der Waals surface area contributed by atoms with Crippen LogP contribution in [0.15, 0.2) is 24.3 Å². The minimum absolute atomic E-state index is 0.250. The first-order chi connectivity index (χ1) is 10.6. The number of morpholine rings is 1. The zero-order valence-electron chi connectivity index (χ0n) is 13.0. The molecule has 2 rings (SSSR count). The number of rotatable bonds is 5. The third kappa shape index (κ3) is 4.46. The number of carbonyl (C=O) groups excluding carboxylic acids is 2. The van der Waals surface area contributed by atoms with Crippen LogP contribution in [0.5, 0.6) is 0 Å². The minimum Gasteiger partial charge on any atom is -0.467 e. The van der Waals surface area contributed by atoms with E-state index in [1.54, 1.807) is 0 Å². The average molecular weight is 306 g/mol. The molecule has 1 aliphatic rings. The fraction of sp³-hybridized carbons (Fsp3) is 0.500. The summed E-state index contributed by atoms with van der Waals surface area (Å²) in [5, 5.41) is 2.62. The Balaban J connectivity index is 2.01. The van der Waals surface area contributed by atoms with Crippen molar-refractivity contribution in [2.45, 2.75) is 19.4 Å². The van der Waals surface area contributed by atoms with Gasteiger partial charge in [-0.05, 0) is 17.7 Å². The topological polar surface area (TPSA) is 67.9 Å². The fourth-order valence-corrected chi connectivity index (χ4v) is 2.48. The maximum atomic E-state index is 11.7. The van der Waals surface area contributed by atoms with Crippen LogP contribution in [0.25, 0.3) is 0 Å². The molecule has 120 valence electrons. The number of esters is 1. The van der Waals surface area contributed by atoms with Crippen molar-refractivity contribution in [3.63, 3.8) is 0 Å². The van der Waals surface area contributed by atoms with Gasteiger partial charge < -0.3 is 19.7 Å². The maximum Gasteiger partial charge on any atom is 0.328 e. The van der Waals surface area contributed by atoms with E-state index >= 15 is 0 Å². The van der Waals surface area contributed by atoms with Gasteiger partial charge in [0.25, 0.3) is 0 Å². The number of hydrogen-bond acceptors (Lipinski definition) is 5. The summed E-state index contributed by atoms with van der Waals surface area (Å²) >= 11 is 0. The number of nitrogens with zero attached hydrogens (tertiary/aromatic N) is 1. The van der Waals surface area contributed by atoms with Crippen molar-refractivity contribution >= 4 is 17.6 Å². The van der Waals surface area contributed by atoms with Gasteiger partial charge in [-0.2, -0.15) is 0 Å². The molecule has 6 heteroatoms. The molecular formula is C16H22N2O4. The van der Waals surface area contributed by atoms with Crippen LogP contribution in [0.2, 0.25) is 0 Å². The van der Waals surface area contributed by atoms with Crippen molar-refractivity contribution in [3.05, 3.63) is 29.8 Å². The second kappa shape index (κ2) is 7.79. The summed E-state index contributed by atoms with van der Waals surface area (Å²) in [6.07, 6.45) is 0.412. The number of carbonyl (C=O) groups is 2. The first-order valence-electron chi connectivity index (χ1n) is 7.36. The molecule has 0 radical (unpaired) electrons. The highest BCUT2D eigenvalue weighted by atomic mass is 16.5. The van der Waals surface area contributed by atoms with Crippen LogP contribution in [0, 0.1) is 0 Å². The lowest BCUT2D eigenvalue weighted by atomic mass is 10.1. The highest BCUT2D eigenvalue weighted by molar-refractivity contribution is 5.83. The van der Waals surface area contributed by atoms with Crippen molar-refractivity contribution in [1.82, 2.24) is 5.32 Å². The normalized spacial score (nSPS) is 16.0. The van der Waals surface area contributed by atoms with Crippen LogP contribution in [0.3, 0.4) is 0 Å². The molecule has 0 spiro atoms. The zero-order chi connectivity index (χ0) is 15.9. The molecule has 1 aliphatic heterocycles. The van der Waals surface area contributed by atoms with Gasteiger partial charge in [-0.1, -0.05) is 12.1 Å². The summed E-state index contributed by atoms with van der Waals surface area (Å²) in [7, 11) is 1.32. The lowest BCUT2D eigenvalue weighted by Gasteiger charge is -2.29. The predicted octanol–water partition coefficient (Wildman–Crippen LogP) is 0.743. The summed E-state index contributed by atoms with van der Waals surface area (Å²) in [6, 6.07) is 7.35. The van der Waals surface area contributed by atoms with E-state index in [1.807, 2.05) is 24.3 Å². The van der Waals surface area contributed by atoms with Gasteiger partial charge in [0.15, 0.2) is 0 Å². The first kappa shape index (κ1) is 16.3. The second-order valence-electron chi connectivity index (χ2n) is 5.25. The quantitative estimate of drug-likeness (QED) is 0.813. The van der Waals surface area contributed by atoms with Gasteiger partial charge in [0, 0.05) is 32.1 Å². The maximum absolute atomic E-state index is 11.7. The van der Waals surface area contributed by atoms with E-state index < -0.39 is 12.0 Å². The number of hydrogen-bond donors (Lipinski definition) is 1. The molecule has 1 N–H and O–H groups in total. The van der Waals surface area contributed by atoms with Crippen molar-refractivity contribution in [1.29, 1.82) is 0 Å². The zero-order valence-corrected chi connectivity index (χ0v) is 13.0. The van der Waals surface area contributed by atoms with Gasteiger partial charge in [-0.15, -0.1) is 0 Å². The number of amides is 1. The molecule has 0 unspecified atom stereocenters. The molecule has 22 heavy (non-hydrogen) atoms. The molecule has 0 bridgehead atoms. The molecule has 1 heterocycles. The molecule has 1 aromatic carbocycles. The summed E-state index contributed by atoms with van der Waals surface area (Å²) in [6.45, 7) is 4.65. The SMILES string of the molecule is COC(=O)[C@H](Cc1ccc(N2CCOCC2)cc1)NC(C)=O. The van der Waals surface area contributed by atoms with E-state index in [0.717, 1.165) is 37.6 Å². The monoisotopic (exact) mass is 306 g/mol. The molecule has 1 fully saturated rings. The Morgan fingerprint density at radius 1 is 1.27 bits per heavy atom. The smallest absolute Gasteiger partial charge is 0.328 e. The Morgan fingerprint density at radius 2 is 1.91 bits per heavy atom. The Morgan fingerprint density at radius 3 is 2.45 bits per heavy atom. The number of nitrogens with one attached hydrogen (secondary N) is 1. The minimum atomic E-state index is -0.656. The molecule has 0 aromatic heterocycles. The van der Waals surface area contributed by atoms with Crippen molar-refractivity contribution < 1.29 is 19.1 Å². The summed E-state index contributed by atoms with van der Waals surface area (Å²) < 4.78 is 10.1. The van der Waals surface area contributed by atoms with Crippen LogP contribution >= 0.6 is 0 Å². The van der Waals surface area contributed by atoms with Crippen LogP contribution < -0.4 is 10.2 Å². The summed E-state index contributed by atoms with van der Waals surface area (Å²) in [5.74, 6) is -0.687. The van der Waals surface area contributed by atoms with Crippen LogP contribution in [0.1, 0.15) is 12.5 Å². The van der Waals surface area contributed by atoms with Gasteiger partial charge in [0.05, 0.1) is 20.3 Å². The van der Waals surface area contributed by atoms with Gasteiger partial charge in [-0.25, -0.2) is 4.79 Å². The van der Waals surface area contributed by atoms with Crippen molar-refractivity contribution in [2.24, 2.45) is 0 Å². The lowest BCUT2D eigenvalue weighted by Crippen LogP contribution is -2.42. The Hall–Kier alpha value is -2.08. The Bertz CT molecular complexity index is 509. The van der Waals surface area contributed by atoms with Crippen LogP contribution in [-0.2, 0) is 25.5 Å². The summed E-state index contributed by atoms with van der Waals surface area (Å²) in [5.41, 5.74) is 2.11. The molecule has 1 amide bonds. The number of benzene rings is 1. The van der Waals surface area contributed by atoms with Gasteiger partial charge in [-0.3, -0.25) is 4.79 Å². The van der Waals surface area contributed by atoms with Crippen LogP contribution in [-0.4, -0.2) is 51.3 Å². The molecule has 1 saturated heterocycles. The highest BCUT2D eigenvalue weighted by Crippen LogP contribution is 2.17. The van der Waals surface area contributed by atoms with E-state index in [0.29, 0.717) is 6.42 Å². The standard InChI is InChI=1S/C16H22N2O4/c1-12(19)17-15(16(20)21-2)11-13-3-5-14(6-4-13)18-7-9-22-10-8-18/h3-6,15H,7-11H2,1-2H3,(H,17,19)/t15-/m0/s1. The molecule has 0 saturated carbocycles. The summed E-state index contributed by atoms with van der Waals surface area (Å²) in [4.78, 5) is 25.2. The predicted molar refractivity (Wildman–Crippen MR) is 82.8 cm³/mol. The van der Waals surface area contributed by atoms with E-state index in [9.17, 15) is 9.59 Å². The van der Waals surface area contributed by atoms with Gasteiger partial charge >= 0.3 is 5.97 Å². The lowest BCUT2D eigenvalue weighted by molar-refractivity contribution is -0.144. The number of methoxy groups -OCH3 is 1. The van der Waals surface area contributed by atoms with Gasteiger partial charge in [0.1, 0.15) is 6.04 Å². The fourth-order valence-electron chi connectivity index (χ4n) is 2.48. The molecule has 1 atom stereocenters. The number of ether oxygens (including phenoxy) is 2. The first-order valence-corrected chi connectivity index (χ1v) is 7.36. The van der Waals surface area contributed by atoms with E-state index in [1.165, 1.54) is 14.0 Å². The van der Waals surface area contributed by atoms with E-state index in [4.69, 9.17) is 9.47 Å². The Labute approximate surface area is 130 Å². The largest absolute Gasteiger partial charge is 0.467 e. The highest BCUT2D eigenvalue weighted by Gasteiger charge is 2.20. The molecule has 1 aromatic rings.